The Morgan fingerprint density at radius 1 is 1.29 bits per heavy atom. The van der Waals surface area contributed by atoms with Crippen LogP contribution in [0.15, 0.2) is 36.9 Å². The first-order chi connectivity index (χ1) is 11.7. The highest BCUT2D eigenvalue weighted by atomic mass is 16.6. The number of nitrogens with zero attached hydrogens (tertiary/aromatic N) is 5. The molecule has 0 aliphatic carbocycles. The van der Waals surface area contributed by atoms with Gasteiger partial charge in [0, 0.05) is 20.3 Å². The predicted octanol–water partition coefficient (Wildman–Crippen LogP) is 2.17. The second kappa shape index (κ2) is 7.01. The van der Waals surface area contributed by atoms with Crippen LogP contribution in [0.3, 0.4) is 0 Å². The maximum Gasteiger partial charge on any atom is 0.354 e. The quantitative estimate of drug-likeness (QED) is 0.402. The summed E-state index contributed by atoms with van der Waals surface area (Å²) in [5.41, 5.74) is 1.29. The Morgan fingerprint density at radius 2 is 2.12 bits per heavy atom. The Kier molecular flexibility index (Phi) is 4.62. The zero-order chi connectivity index (χ0) is 16.9. The minimum Gasteiger partial charge on any atom is -0.385 e. The van der Waals surface area contributed by atoms with Crippen LogP contribution in [-0.2, 0) is 4.74 Å². The van der Waals surface area contributed by atoms with Gasteiger partial charge >= 0.3 is 5.69 Å². The normalized spacial score (nSPS) is 10.9. The molecule has 2 heterocycles. The highest BCUT2D eigenvalue weighted by Gasteiger charge is 2.25. The van der Waals surface area contributed by atoms with Gasteiger partial charge in [-0.1, -0.05) is 12.1 Å². The van der Waals surface area contributed by atoms with Gasteiger partial charge in [0.1, 0.15) is 12.7 Å². The lowest BCUT2D eigenvalue weighted by atomic mass is 10.3. The van der Waals surface area contributed by atoms with Crippen molar-refractivity contribution in [2.45, 2.75) is 6.42 Å². The number of fused-ring (bicyclic) bond motifs is 1. The van der Waals surface area contributed by atoms with Gasteiger partial charge in [-0.05, 0) is 18.6 Å². The van der Waals surface area contributed by atoms with Gasteiger partial charge < -0.3 is 10.1 Å². The lowest BCUT2D eigenvalue weighted by Gasteiger charge is -2.09. The van der Waals surface area contributed by atoms with Crippen molar-refractivity contribution in [2.24, 2.45) is 0 Å². The average Bonchev–Trinajstić information content (AvgIpc) is 3.02. The predicted molar refractivity (Wildman–Crippen MR) is 88.3 cm³/mol. The SMILES string of the molecule is COCCCNc1ncnc(-n2cnc3ccccc32)c1[N+](=O)[O-]. The number of methoxy groups -OCH3 is 1. The van der Waals surface area contributed by atoms with E-state index in [0.29, 0.717) is 19.6 Å². The average molecular weight is 328 g/mol. The minimum atomic E-state index is -0.483. The zero-order valence-corrected chi connectivity index (χ0v) is 13.0. The molecule has 124 valence electrons. The summed E-state index contributed by atoms with van der Waals surface area (Å²) in [6, 6.07) is 7.37. The van der Waals surface area contributed by atoms with E-state index in [4.69, 9.17) is 4.74 Å². The van der Waals surface area contributed by atoms with Crippen LogP contribution < -0.4 is 5.32 Å². The summed E-state index contributed by atoms with van der Waals surface area (Å²) in [5, 5.41) is 14.6. The maximum absolute atomic E-state index is 11.6. The third kappa shape index (κ3) is 3.01. The van der Waals surface area contributed by atoms with E-state index in [0.717, 1.165) is 11.0 Å². The molecule has 0 bridgehead atoms. The number of hydrogen-bond donors (Lipinski definition) is 1. The molecular weight excluding hydrogens is 312 g/mol. The van der Waals surface area contributed by atoms with Gasteiger partial charge in [-0.15, -0.1) is 0 Å². The van der Waals surface area contributed by atoms with Crippen molar-refractivity contribution in [1.29, 1.82) is 0 Å². The molecule has 1 aromatic carbocycles. The molecule has 0 fully saturated rings. The van der Waals surface area contributed by atoms with Gasteiger partial charge in [-0.25, -0.2) is 15.0 Å². The van der Waals surface area contributed by atoms with E-state index in [1.54, 1.807) is 11.7 Å². The fourth-order valence-electron chi connectivity index (χ4n) is 2.39. The Hall–Kier alpha value is -3.07. The van der Waals surface area contributed by atoms with Crippen molar-refractivity contribution >= 4 is 22.5 Å². The molecule has 0 spiro atoms. The molecule has 0 radical (unpaired) electrons. The number of benzene rings is 1. The molecule has 3 aromatic rings. The van der Waals surface area contributed by atoms with Crippen LogP contribution in [0, 0.1) is 10.1 Å². The smallest absolute Gasteiger partial charge is 0.354 e. The molecule has 0 saturated carbocycles. The van der Waals surface area contributed by atoms with Crippen LogP contribution in [0.1, 0.15) is 6.42 Å². The number of anilines is 1. The molecular formula is C15H16N6O3. The van der Waals surface area contributed by atoms with Crippen LogP contribution in [0.4, 0.5) is 11.5 Å². The van der Waals surface area contributed by atoms with E-state index in [1.165, 1.54) is 12.7 Å². The van der Waals surface area contributed by atoms with Crippen LogP contribution in [0.5, 0.6) is 0 Å². The highest BCUT2D eigenvalue weighted by molar-refractivity contribution is 5.78. The number of para-hydroxylation sites is 2. The van der Waals surface area contributed by atoms with E-state index in [1.807, 2.05) is 24.3 Å². The summed E-state index contributed by atoms with van der Waals surface area (Å²) in [6.07, 6.45) is 3.53. The Balaban J connectivity index is 2.03. The molecule has 1 N–H and O–H groups in total. The third-order valence-corrected chi connectivity index (χ3v) is 3.48. The van der Waals surface area contributed by atoms with Crippen LogP contribution in [-0.4, -0.2) is 44.7 Å². The molecule has 0 amide bonds. The molecule has 0 saturated heterocycles. The number of aromatic nitrogens is 4. The van der Waals surface area contributed by atoms with E-state index in [2.05, 4.69) is 20.3 Å². The summed E-state index contributed by atoms with van der Waals surface area (Å²) in [4.78, 5) is 23.5. The first kappa shape index (κ1) is 15.8. The molecule has 0 aliphatic rings. The molecule has 24 heavy (non-hydrogen) atoms. The van der Waals surface area contributed by atoms with E-state index in [-0.39, 0.29) is 17.3 Å². The van der Waals surface area contributed by atoms with Crippen molar-refractivity contribution in [3.8, 4) is 5.82 Å². The topological polar surface area (TPSA) is 108 Å². The molecule has 3 rings (SSSR count). The second-order valence-electron chi connectivity index (χ2n) is 5.03. The van der Waals surface area contributed by atoms with Crippen LogP contribution in [0.25, 0.3) is 16.9 Å². The number of ether oxygens (including phenoxy) is 1. The van der Waals surface area contributed by atoms with E-state index >= 15 is 0 Å². The highest BCUT2D eigenvalue weighted by Crippen LogP contribution is 2.29. The maximum atomic E-state index is 11.6. The van der Waals surface area contributed by atoms with Crippen molar-refractivity contribution in [2.75, 3.05) is 25.6 Å². The van der Waals surface area contributed by atoms with Crippen molar-refractivity contribution in [3.05, 3.63) is 47.0 Å². The first-order valence-electron chi connectivity index (χ1n) is 7.37. The van der Waals surface area contributed by atoms with Gasteiger partial charge in [0.15, 0.2) is 0 Å². The Labute approximate surface area is 137 Å². The third-order valence-electron chi connectivity index (χ3n) is 3.48. The van der Waals surface area contributed by atoms with Crippen molar-refractivity contribution in [1.82, 2.24) is 19.5 Å². The minimum absolute atomic E-state index is 0.179. The number of nitrogens with one attached hydrogen (secondary N) is 1. The summed E-state index contributed by atoms with van der Waals surface area (Å²) < 4.78 is 6.56. The van der Waals surface area contributed by atoms with Gasteiger partial charge in [0.2, 0.25) is 11.6 Å². The molecule has 0 unspecified atom stereocenters. The number of imidazole rings is 1. The molecule has 0 atom stereocenters. The van der Waals surface area contributed by atoms with Crippen LogP contribution >= 0.6 is 0 Å². The molecule has 9 nitrogen and oxygen atoms in total. The standard InChI is InChI=1S/C15H16N6O3/c1-24-8-4-7-16-14-13(21(22)23)15(18-9-17-14)20-10-19-11-5-2-3-6-12(11)20/h2-3,5-6,9-10H,4,7-8H2,1H3,(H,16,17,18). The van der Waals surface area contributed by atoms with Gasteiger partial charge in [-0.2, -0.15) is 0 Å². The summed E-state index contributed by atoms with van der Waals surface area (Å²) in [5.74, 6) is 0.358. The fourth-order valence-corrected chi connectivity index (χ4v) is 2.39. The number of hydrogen-bond acceptors (Lipinski definition) is 7. The molecule has 2 aromatic heterocycles. The Morgan fingerprint density at radius 3 is 2.92 bits per heavy atom. The molecule has 0 aliphatic heterocycles. The zero-order valence-electron chi connectivity index (χ0n) is 13.0. The van der Waals surface area contributed by atoms with Gasteiger partial charge in [0.05, 0.1) is 16.0 Å². The molecule has 9 heteroatoms. The first-order valence-corrected chi connectivity index (χ1v) is 7.37. The lowest BCUT2D eigenvalue weighted by molar-refractivity contribution is -0.384. The van der Waals surface area contributed by atoms with E-state index in [9.17, 15) is 10.1 Å². The van der Waals surface area contributed by atoms with E-state index < -0.39 is 4.92 Å². The lowest BCUT2D eigenvalue weighted by Crippen LogP contribution is -2.11. The van der Waals surface area contributed by atoms with Crippen molar-refractivity contribution < 1.29 is 9.66 Å². The number of nitro groups is 1. The fraction of sp³-hybridized carbons (Fsp3) is 0.267. The van der Waals surface area contributed by atoms with Crippen LogP contribution in [0.2, 0.25) is 0 Å². The summed E-state index contributed by atoms with van der Waals surface area (Å²) >= 11 is 0. The van der Waals surface area contributed by atoms with Gasteiger partial charge in [-0.3, -0.25) is 14.7 Å². The second-order valence-corrected chi connectivity index (χ2v) is 5.03. The Bertz CT molecular complexity index is 863. The number of rotatable bonds is 7. The summed E-state index contributed by atoms with van der Waals surface area (Å²) in [7, 11) is 1.61. The van der Waals surface area contributed by atoms with Gasteiger partial charge in [0.25, 0.3) is 0 Å². The largest absolute Gasteiger partial charge is 0.385 e. The monoisotopic (exact) mass is 328 g/mol. The summed E-state index contributed by atoms with van der Waals surface area (Å²) in [6.45, 7) is 1.07. The van der Waals surface area contributed by atoms with Crippen molar-refractivity contribution in [3.63, 3.8) is 0 Å².